The van der Waals surface area contributed by atoms with Gasteiger partial charge in [0.1, 0.15) is 5.78 Å². The second-order valence-corrected chi connectivity index (χ2v) is 4.90. The number of ether oxygens (including phenoxy) is 1. The summed E-state index contributed by atoms with van der Waals surface area (Å²) < 4.78 is 5.08. The highest BCUT2D eigenvalue weighted by atomic mass is 16.6. The summed E-state index contributed by atoms with van der Waals surface area (Å²) in [5, 5.41) is 10.2. The molecule has 0 spiro atoms. The molecule has 0 aliphatic rings. The van der Waals surface area contributed by atoms with Gasteiger partial charge >= 0.3 is 0 Å². The first-order chi connectivity index (χ1) is 10.0. The molecule has 21 heavy (non-hydrogen) atoms. The van der Waals surface area contributed by atoms with E-state index in [2.05, 4.69) is 13.5 Å². The van der Waals surface area contributed by atoms with E-state index in [9.17, 15) is 9.90 Å². The molecular weight excluding hydrogens is 264 g/mol. The molecular formula is C18H28O3. The molecule has 1 N–H and O–H groups in total. The van der Waals surface area contributed by atoms with E-state index in [1.165, 1.54) is 13.5 Å². The number of rotatable bonds is 8. The molecule has 0 aromatic heterocycles. The van der Waals surface area contributed by atoms with Gasteiger partial charge in [-0.3, -0.25) is 4.79 Å². The molecule has 1 aromatic carbocycles. The maximum atomic E-state index is 11.6. The van der Waals surface area contributed by atoms with E-state index in [-0.39, 0.29) is 12.2 Å². The van der Waals surface area contributed by atoms with Crippen LogP contribution in [0.2, 0.25) is 0 Å². The largest absolute Gasteiger partial charge is 0.361 e. The second-order valence-electron chi connectivity index (χ2n) is 4.90. The fourth-order valence-electron chi connectivity index (χ4n) is 1.83. The van der Waals surface area contributed by atoms with E-state index < -0.39 is 5.79 Å². The molecule has 0 saturated heterocycles. The lowest BCUT2D eigenvalue weighted by molar-refractivity contribution is -0.199. The third-order valence-electron chi connectivity index (χ3n) is 3.02. The molecule has 0 fully saturated rings. The Labute approximate surface area is 128 Å². The second kappa shape index (κ2) is 11.2. The van der Waals surface area contributed by atoms with Crippen LogP contribution in [0.5, 0.6) is 0 Å². The normalized spacial score (nSPS) is 12.8. The Bertz CT molecular complexity index is 400. The van der Waals surface area contributed by atoms with Gasteiger partial charge in [-0.2, -0.15) is 0 Å². The summed E-state index contributed by atoms with van der Waals surface area (Å²) in [6.07, 6.45) is 5.57. The highest BCUT2D eigenvalue weighted by molar-refractivity contribution is 5.79. The van der Waals surface area contributed by atoms with E-state index in [4.69, 9.17) is 4.74 Å². The van der Waals surface area contributed by atoms with Crippen molar-refractivity contribution in [1.29, 1.82) is 0 Å². The van der Waals surface area contributed by atoms with Crippen molar-refractivity contribution < 1.29 is 14.6 Å². The first-order valence-corrected chi connectivity index (χ1v) is 7.49. The van der Waals surface area contributed by atoms with Gasteiger partial charge in [-0.15, -0.1) is 6.58 Å². The first-order valence-electron chi connectivity index (χ1n) is 7.49. The lowest BCUT2D eigenvalue weighted by Crippen LogP contribution is -2.31. The van der Waals surface area contributed by atoms with Gasteiger partial charge in [-0.1, -0.05) is 56.7 Å². The average molecular weight is 292 g/mol. The van der Waals surface area contributed by atoms with Crippen molar-refractivity contribution in [2.24, 2.45) is 0 Å². The summed E-state index contributed by atoms with van der Waals surface area (Å²) in [4.78, 5) is 11.6. The summed E-state index contributed by atoms with van der Waals surface area (Å²) >= 11 is 0. The van der Waals surface area contributed by atoms with Crippen LogP contribution in [0.25, 0.3) is 0 Å². The zero-order chi connectivity index (χ0) is 16.1. The summed E-state index contributed by atoms with van der Waals surface area (Å²) in [6.45, 7) is 7.63. The molecule has 0 radical (unpaired) electrons. The molecule has 3 heteroatoms. The Balaban J connectivity index is 0.000000690. The van der Waals surface area contributed by atoms with Crippen molar-refractivity contribution >= 4 is 5.78 Å². The van der Waals surface area contributed by atoms with Crippen molar-refractivity contribution in [3.05, 3.63) is 48.6 Å². The molecule has 0 amide bonds. The molecule has 0 saturated carbocycles. The molecule has 1 atom stereocenters. The van der Waals surface area contributed by atoms with Crippen LogP contribution in [0, 0.1) is 0 Å². The van der Waals surface area contributed by atoms with Crippen LogP contribution >= 0.6 is 0 Å². The standard InChI is InChI=1S/C13H18O3.C5H10/c1-3-7-12(14)10-13(15,16-2)11-8-5-4-6-9-11;1-3-5-4-2/h4-6,8-9,15H,3,7,10H2,1-2H3;3H,1,4-5H2,2H3. The molecule has 1 unspecified atom stereocenters. The first kappa shape index (κ1) is 19.6. The minimum absolute atomic E-state index is 0.00134. The van der Waals surface area contributed by atoms with Crippen molar-refractivity contribution in [2.75, 3.05) is 7.11 Å². The fourth-order valence-corrected chi connectivity index (χ4v) is 1.83. The average Bonchev–Trinajstić information content (AvgIpc) is 2.49. The number of carbonyl (C=O) groups excluding carboxylic acids is 1. The van der Waals surface area contributed by atoms with Gasteiger partial charge in [0, 0.05) is 19.1 Å². The van der Waals surface area contributed by atoms with Gasteiger partial charge in [-0.25, -0.2) is 0 Å². The number of methoxy groups -OCH3 is 1. The maximum absolute atomic E-state index is 11.6. The van der Waals surface area contributed by atoms with Gasteiger partial charge in [-0.05, 0) is 12.8 Å². The number of unbranched alkanes of at least 4 members (excludes halogenated alkanes) is 1. The number of allylic oxidation sites excluding steroid dienone is 1. The molecule has 1 rings (SSSR count). The Morgan fingerprint density at radius 3 is 2.29 bits per heavy atom. The summed E-state index contributed by atoms with van der Waals surface area (Å²) in [6, 6.07) is 8.98. The number of hydrogen-bond acceptors (Lipinski definition) is 3. The van der Waals surface area contributed by atoms with Gasteiger partial charge in [0.25, 0.3) is 0 Å². The quantitative estimate of drug-likeness (QED) is 0.576. The minimum Gasteiger partial charge on any atom is -0.361 e. The zero-order valence-corrected chi connectivity index (χ0v) is 13.5. The summed E-state index contributed by atoms with van der Waals surface area (Å²) in [5.74, 6) is -1.48. The lowest BCUT2D eigenvalue weighted by atomic mass is 9.98. The highest BCUT2D eigenvalue weighted by Gasteiger charge is 2.31. The Morgan fingerprint density at radius 1 is 1.29 bits per heavy atom. The number of carbonyl (C=O) groups is 1. The van der Waals surface area contributed by atoms with Crippen molar-refractivity contribution in [1.82, 2.24) is 0 Å². The van der Waals surface area contributed by atoms with Crippen LogP contribution in [0.15, 0.2) is 43.0 Å². The lowest BCUT2D eigenvalue weighted by Gasteiger charge is -2.26. The third-order valence-corrected chi connectivity index (χ3v) is 3.02. The number of aliphatic hydroxyl groups is 1. The molecule has 0 aliphatic carbocycles. The van der Waals surface area contributed by atoms with Crippen LogP contribution in [0.3, 0.4) is 0 Å². The predicted molar refractivity (Wildman–Crippen MR) is 87.0 cm³/mol. The van der Waals surface area contributed by atoms with Gasteiger partial charge in [0.15, 0.2) is 5.79 Å². The number of ketones is 1. The van der Waals surface area contributed by atoms with Crippen molar-refractivity contribution in [3.63, 3.8) is 0 Å². The monoisotopic (exact) mass is 292 g/mol. The highest BCUT2D eigenvalue weighted by Crippen LogP contribution is 2.26. The molecule has 0 heterocycles. The fraction of sp³-hybridized carbons (Fsp3) is 0.500. The molecule has 0 aliphatic heterocycles. The van der Waals surface area contributed by atoms with E-state index in [0.717, 1.165) is 12.8 Å². The minimum atomic E-state index is -1.49. The SMILES string of the molecule is C=CCCC.CCCC(=O)CC(O)(OC)c1ccccc1. The smallest absolute Gasteiger partial charge is 0.199 e. The Morgan fingerprint density at radius 2 is 1.90 bits per heavy atom. The summed E-state index contributed by atoms with van der Waals surface area (Å²) in [7, 11) is 1.41. The molecule has 118 valence electrons. The molecule has 1 aromatic rings. The number of Topliss-reactive ketones (excluding diaryl/α,β-unsaturated/α-hetero) is 1. The van der Waals surface area contributed by atoms with Gasteiger partial charge in [0.05, 0.1) is 6.42 Å². The topological polar surface area (TPSA) is 46.5 Å². The number of benzene rings is 1. The van der Waals surface area contributed by atoms with Gasteiger partial charge < -0.3 is 9.84 Å². The van der Waals surface area contributed by atoms with E-state index >= 15 is 0 Å². The molecule has 3 nitrogen and oxygen atoms in total. The Hall–Kier alpha value is -1.45. The van der Waals surface area contributed by atoms with Crippen LogP contribution in [0.4, 0.5) is 0 Å². The van der Waals surface area contributed by atoms with E-state index in [1.54, 1.807) is 12.1 Å². The zero-order valence-electron chi connectivity index (χ0n) is 13.5. The van der Waals surface area contributed by atoms with E-state index in [0.29, 0.717) is 12.0 Å². The van der Waals surface area contributed by atoms with Crippen LogP contribution in [0.1, 0.15) is 51.5 Å². The van der Waals surface area contributed by atoms with Crippen LogP contribution in [-0.2, 0) is 15.3 Å². The maximum Gasteiger partial charge on any atom is 0.199 e. The third kappa shape index (κ3) is 7.78. The number of hydrogen-bond donors (Lipinski definition) is 1. The van der Waals surface area contributed by atoms with Gasteiger partial charge in [0.2, 0.25) is 0 Å². The summed E-state index contributed by atoms with van der Waals surface area (Å²) in [5.41, 5.74) is 0.613. The Kier molecular flexibility index (Phi) is 10.5. The predicted octanol–water partition coefficient (Wildman–Crippen LogP) is 4.21. The molecule has 0 bridgehead atoms. The van der Waals surface area contributed by atoms with Crippen molar-refractivity contribution in [2.45, 2.75) is 51.7 Å². The van der Waals surface area contributed by atoms with E-state index in [1.807, 2.05) is 31.2 Å². The van der Waals surface area contributed by atoms with Crippen LogP contribution in [-0.4, -0.2) is 18.0 Å². The van der Waals surface area contributed by atoms with Crippen molar-refractivity contribution in [3.8, 4) is 0 Å². The van der Waals surface area contributed by atoms with Crippen LogP contribution < -0.4 is 0 Å².